The van der Waals surface area contributed by atoms with Crippen molar-refractivity contribution in [1.29, 1.82) is 0 Å². The maximum Gasteiger partial charge on any atom is 0.119 e. The fraction of sp³-hybridized carbons (Fsp3) is 0.625. The highest BCUT2D eigenvalue weighted by Gasteiger charge is 2.24. The van der Waals surface area contributed by atoms with Crippen LogP contribution in [0.2, 0.25) is 0 Å². The number of anilines is 1. The van der Waals surface area contributed by atoms with Crippen LogP contribution in [0, 0.1) is 5.92 Å². The van der Waals surface area contributed by atoms with Crippen molar-refractivity contribution < 1.29 is 4.74 Å². The summed E-state index contributed by atoms with van der Waals surface area (Å²) in [5.74, 6) is 1.61. The molecule has 106 valence electrons. The second kappa shape index (κ2) is 6.29. The summed E-state index contributed by atoms with van der Waals surface area (Å²) in [5.41, 5.74) is 1.30. The van der Waals surface area contributed by atoms with Crippen molar-refractivity contribution in [2.45, 2.75) is 39.8 Å². The molecular formula is C16H26N2O. The number of hydrogen-bond acceptors (Lipinski definition) is 3. The Morgan fingerprint density at radius 3 is 2.42 bits per heavy atom. The van der Waals surface area contributed by atoms with Crippen LogP contribution in [0.4, 0.5) is 5.69 Å². The molecule has 1 aliphatic heterocycles. The Bertz CT molecular complexity index is 386. The average molecular weight is 262 g/mol. The summed E-state index contributed by atoms with van der Waals surface area (Å²) in [4.78, 5) is 2.51. The van der Waals surface area contributed by atoms with Gasteiger partial charge < -0.3 is 15.0 Å². The first-order chi connectivity index (χ1) is 9.08. The van der Waals surface area contributed by atoms with Crippen molar-refractivity contribution in [3.8, 4) is 5.75 Å². The number of piperazine rings is 1. The van der Waals surface area contributed by atoms with Gasteiger partial charge in [0.2, 0.25) is 0 Å². The Kier molecular flexibility index (Phi) is 4.70. The highest BCUT2D eigenvalue weighted by molar-refractivity contribution is 5.50. The molecule has 0 amide bonds. The molecule has 0 bridgehead atoms. The number of nitrogens with one attached hydrogen (secondary N) is 1. The van der Waals surface area contributed by atoms with Gasteiger partial charge in [-0.05, 0) is 44.0 Å². The molecule has 2 rings (SSSR count). The van der Waals surface area contributed by atoms with E-state index >= 15 is 0 Å². The Balaban J connectivity index is 2.11. The van der Waals surface area contributed by atoms with Crippen LogP contribution in [-0.4, -0.2) is 31.8 Å². The highest BCUT2D eigenvalue weighted by Crippen LogP contribution is 2.25. The lowest BCUT2D eigenvalue weighted by Crippen LogP contribution is -2.53. The molecule has 1 heterocycles. The zero-order valence-electron chi connectivity index (χ0n) is 12.5. The Morgan fingerprint density at radius 2 is 1.84 bits per heavy atom. The van der Waals surface area contributed by atoms with Crippen LogP contribution in [0.15, 0.2) is 24.3 Å². The Morgan fingerprint density at radius 1 is 1.16 bits per heavy atom. The van der Waals surface area contributed by atoms with Crippen molar-refractivity contribution in [3.63, 3.8) is 0 Å². The summed E-state index contributed by atoms with van der Waals surface area (Å²) in [6, 6.07) is 9.09. The molecule has 1 atom stereocenters. The van der Waals surface area contributed by atoms with Gasteiger partial charge >= 0.3 is 0 Å². The molecule has 19 heavy (non-hydrogen) atoms. The fourth-order valence-electron chi connectivity index (χ4n) is 2.63. The fourth-order valence-corrected chi connectivity index (χ4v) is 2.63. The van der Waals surface area contributed by atoms with E-state index in [-0.39, 0.29) is 6.10 Å². The predicted molar refractivity (Wildman–Crippen MR) is 81.0 cm³/mol. The lowest BCUT2D eigenvalue weighted by atomic mass is 10.00. The first kappa shape index (κ1) is 14.2. The van der Waals surface area contributed by atoms with Crippen molar-refractivity contribution in [2.75, 3.05) is 24.5 Å². The Hall–Kier alpha value is -1.22. The third-order valence-electron chi connectivity index (χ3n) is 3.59. The van der Waals surface area contributed by atoms with Gasteiger partial charge in [0.05, 0.1) is 6.10 Å². The first-order valence-corrected chi connectivity index (χ1v) is 7.32. The molecule has 0 aromatic heterocycles. The van der Waals surface area contributed by atoms with Gasteiger partial charge in [-0.25, -0.2) is 0 Å². The molecule has 1 N–H and O–H groups in total. The molecule has 1 saturated heterocycles. The molecule has 1 unspecified atom stereocenters. The smallest absolute Gasteiger partial charge is 0.119 e. The second-order valence-corrected chi connectivity index (χ2v) is 5.87. The van der Waals surface area contributed by atoms with E-state index in [1.54, 1.807) is 0 Å². The summed E-state index contributed by atoms with van der Waals surface area (Å²) in [6.45, 7) is 11.9. The third kappa shape index (κ3) is 3.63. The van der Waals surface area contributed by atoms with Crippen molar-refractivity contribution in [1.82, 2.24) is 5.32 Å². The molecule has 0 aliphatic carbocycles. The molecule has 0 spiro atoms. The number of rotatable bonds is 4. The van der Waals surface area contributed by atoms with Crippen molar-refractivity contribution >= 4 is 5.69 Å². The van der Waals surface area contributed by atoms with Gasteiger partial charge in [0.1, 0.15) is 5.75 Å². The minimum Gasteiger partial charge on any atom is -0.491 e. The molecular weight excluding hydrogens is 236 g/mol. The highest BCUT2D eigenvalue weighted by atomic mass is 16.5. The van der Waals surface area contributed by atoms with Gasteiger partial charge in [-0.3, -0.25) is 0 Å². The summed E-state index contributed by atoms with van der Waals surface area (Å²) >= 11 is 0. The summed E-state index contributed by atoms with van der Waals surface area (Å²) in [7, 11) is 0. The monoisotopic (exact) mass is 262 g/mol. The van der Waals surface area contributed by atoms with Crippen molar-refractivity contribution in [2.24, 2.45) is 5.92 Å². The molecule has 1 aromatic carbocycles. The quantitative estimate of drug-likeness (QED) is 0.903. The maximum absolute atomic E-state index is 5.70. The van der Waals surface area contributed by atoms with Gasteiger partial charge in [0, 0.05) is 31.4 Å². The van der Waals surface area contributed by atoms with E-state index < -0.39 is 0 Å². The Labute approximate surface area is 116 Å². The van der Waals surface area contributed by atoms with E-state index in [0.29, 0.717) is 12.0 Å². The van der Waals surface area contributed by atoms with Crippen LogP contribution in [0.1, 0.15) is 27.7 Å². The number of benzene rings is 1. The van der Waals surface area contributed by atoms with Gasteiger partial charge in [-0.15, -0.1) is 0 Å². The summed E-state index contributed by atoms with van der Waals surface area (Å²) in [5, 5.41) is 3.49. The third-order valence-corrected chi connectivity index (χ3v) is 3.59. The zero-order valence-corrected chi connectivity index (χ0v) is 12.5. The van der Waals surface area contributed by atoms with Crippen LogP contribution in [0.5, 0.6) is 5.75 Å². The van der Waals surface area contributed by atoms with Crippen LogP contribution in [0.3, 0.4) is 0 Å². The number of hydrogen-bond donors (Lipinski definition) is 1. The van der Waals surface area contributed by atoms with Crippen LogP contribution >= 0.6 is 0 Å². The van der Waals surface area contributed by atoms with Gasteiger partial charge in [-0.1, -0.05) is 13.8 Å². The van der Waals surface area contributed by atoms with Gasteiger partial charge in [0.15, 0.2) is 0 Å². The van der Waals surface area contributed by atoms with Gasteiger partial charge in [-0.2, -0.15) is 0 Å². The second-order valence-electron chi connectivity index (χ2n) is 5.87. The molecule has 1 aromatic rings. The van der Waals surface area contributed by atoms with Crippen molar-refractivity contribution in [3.05, 3.63) is 24.3 Å². The van der Waals surface area contributed by atoms with Gasteiger partial charge in [0.25, 0.3) is 0 Å². The summed E-state index contributed by atoms with van der Waals surface area (Å²) < 4.78 is 5.70. The molecule has 0 radical (unpaired) electrons. The largest absolute Gasteiger partial charge is 0.491 e. The van der Waals surface area contributed by atoms with E-state index in [1.807, 2.05) is 0 Å². The minimum absolute atomic E-state index is 0.230. The van der Waals surface area contributed by atoms with E-state index in [4.69, 9.17) is 4.74 Å². The summed E-state index contributed by atoms with van der Waals surface area (Å²) in [6.07, 6.45) is 0.230. The van der Waals surface area contributed by atoms with E-state index in [1.165, 1.54) is 5.69 Å². The number of ether oxygens (including phenoxy) is 1. The van der Waals surface area contributed by atoms with Crippen LogP contribution in [0.25, 0.3) is 0 Å². The topological polar surface area (TPSA) is 24.5 Å². The lowest BCUT2D eigenvalue weighted by molar-refractivity contribution is 0.242. The minimum atomic E-state index is 0.230. The van der Waals surface area contributed by atoms with Crippen LogP contribution < -0.4 is 15.0 Å². The molecule has 3 nitrogen and oxygen atoms in total. The molecule has 1 aliphatic rings. The normalized spacial score (nSPS) is 20.1. The maximum atomic E-state index is 5.70. The number of nitrogens with zero attached hydrogens (tertiary/aromatic N) is 1. The van der Waals surface area contributed by atoms with Crippen LogP contribution in [-0.2, 0) is 0 Å². The van der Waals surface area contributed by atoms with E-state index in [9.17, 15) is 0 Å². The van der Waals surface area contributed by atoms with E-state index in [0.717, 1.165) is 25.4 Å². The molecule has 1 fully saturated rings. The SMILES string of the molecule is CC(C)Oc1ccc(N2CCNCC2C(C)C)cc1. The zero-order chi connectivity index (χ0) is 13.8. The molecule has 3 heteroatoms. The lowest BCUT2D eigenvalue weighted by Gasteiger charge is -2.40. The van der Waals surface area contributed by atoms with E-state index in [2.05, 4.69) is 62.2 Å². The standard InChI is InChI=1S/C16H26N2O/c1-12(2)16-11-17-9-10-18(16)14-5-7-15(8-6-14)19-13(3)4/h5-8,12-13,16-17H,9-11H2,1-4H3. The molecule has 0 saturated carbocycles. The predicted octanol–water partition coefficient (Wildman–Crippen LogP) is 2.91. The average Bonchev–Trinajstić information content (AvgIpc) is 2.39. The first-order valence-electron chi connectivity index (χ1n) is 7.32.